The number of hydrogen-bond acceptors (Lipinski definition) is 5. The summed E-state index contributed by atoms with van der Waals surface area (Å²) >= 11 is 0. The predicted octanol–water partition coefficient (Wildman–Crippen LogP) is 3.84. The molecule has 0 atom stereocenters. The molecular weight excluding hydrogens is 436 g/mol. The molecule has 3 aromatic rings. The summed E-state index contributed by atoms with van der Waals surface area (Å²) in [7, 11) is -3.83. The predicted molar refractivity (Wildman–Crippen MR) is 131 cm³/mol. The molecule has 2 heterocycles. The number of benzene rings is 2. The highest BCUT2D eigenvalue weighted by atomic mass is 32.2. The zero-order valence-corrected chi connectivity index (χ0v) is 19.6. The van der Waals surface area contributed by atoms with Crippen LogP contribution in [0.15, 0.2) is 66.9 Å². The molecule has 0 aliphatic carbocycles. The Hall–Kier alpha value is -2.97. The smallest absolute Gasteiger partial charge is 0.303 e. The lowest BCUT2D eigenvalue weighted by Crippen LogP contribution is -2.52. The third kappa shape index (κ3) is 5.17. The van der Waals surface area contributed by atoms with Gasteiger partial charge in [0.1, 0.15) is 5.82 Å². The molecule has 2 aromatic carbocycles. The van der Waals surface area contributed by atoms with Gasteiger partial charge in [0.15, 0.2) is 0 Å². The molecule has 4 rings (SSSR count). The van der Waals surface area contributed by atoms with Crippen LogP contribution < -0.4 is 10.0 Å². The molecule has 1 aliphatic rings. The van der Waals surface area contributed by atoms with Crippen molar-refractivity contribution in [2.24, 2.45) is 0 Å². The van der Waals surface area contributed by atoms with E-state index in [0.717, 1.165) is 16.6 Å². The van der Waals surface area contributed by atoms with Gasteiger partial charge in [0.25, 0.3) is 0 Å². The minimum Gasteiger partial charge on any atom is -0.369 e. The molecule has 7 nitrogen and oxygen atoms in total. The van der Waals surface area contributed by atoms with E-state index in [1.54, 1.807) is 6.20 Å². The Morgan fingerprint density at radius 2 is 1.73 bits per heavy atom. The van der Waals surface area contributed by atoms with Crippen LogP contribution in [0, 0.1) is 0 Å². The quantitative estimate of drug-likeness (QED) is 0.526. The molecule has 0 spiro atoms. The summed E-state index contributed by atoms with van der Waals surface area (Å²) in [5, 5.41) is 5.73. The number of anilines is 1. The fourth-order valence-electron chi connectivity index (χ4n) is 4.51. The number of carbonyl (C=O) groups is 1. The van der Waals surface area contributed by atoms with Gasteiger partial charge in [-0.25, -0.2) is 9.71 Å². The molecule has 8 heteroatoms. The Balaban J connectivity index is 1.54. The van der Waals surface area contributed by atoms with E-state index in [0.29, 0.717) is 38.9 Å². The summed E-state index contributed by atoms with van der Waals surface area (Å²) in [6, 6.07) is 20.3. The maximum absolute atomic E-state index is 12.7. The standard InChI is InChI=1S/C25H30N4O3S/c1-2-8-23(30)28-33(31,32)29-17-14-25(15-18-29,21-10-4-3-5-11-21)19-27-24-22-12-7-6-9-20(22)13-16-26-24/h3-7,9-13,16H,2,8,14-15,17-19H2,1H3,(H,26,27)(H,28,30). The number of hydrogen-bond donors (Lipinski definition) is 2. The first-order valence-electron chi connectivity index (χ1n) is 11.4. The van der Waals surface area contributed by atoms with Crippen molar-refractivity contribution in [1.82, 2.24) is 14.0 Å². The highest BCUT2D eigenvalue weighted by Gasteiger charge is 2.39. The fraction of sp³-hybridized carbons (Fsp3) is 0.360. The number of piperidine rings is 1. The van der Waals surface area contributed by atoms with Crippen LogP contribution in [0.4, 0.5) is 5.82 Å². The average molecular weight is 467 g/mol. The fourth-order valence-corrected chi connectivity index (χ4v) is 5.70. The molecule has 0 bridgehead atoms. The molecule has 2 N–H and O–H groups in total. The van der Waals surface area contributed by atoms with Gasteiger partial charge in [0.05, 0.1) is 0 Å². The topological polar surface area (TPSA) is 91.4 Å². The Morgan fingerprint density at radius 1 is 1.03 bits per heavy atom. The van der Waals surface area contributed by atoms with Crippen LogP contribution in [0.1, 0.15) is 38.2 Å². The molecule has 1 fully saturated rings. The summed E-state index contributed by atoms with van der Waals surface area (Å²) in [5.74, 6) is 0.367. The molecule has 0 radical (unpaired) electrons. The number of nitrogens with zero attached hydrogens (tertiary/aromatic N) is 2. The number of aromatic nitrogens is 1. The molecule has 1 aliphatic heterocycles. The van der Waals surface area contributed by atoms with Gasteiger partial charge in [-0.2, -0.15) is 12.7 Å². The molecule has 1 amide bonds. The first-order valence-corrected chi connectivity index (χ1v) is 12.8. The highest BCUT2D eigenvalue weighted by Crippen LogP contribution is 2.37. The van der Waals surface area contributed by atoms with Crippen LogP contribution in [0.2, 0.25) is 0 Å². The zero-order valence-electron chi connectivity index (χ0n) is 18.8. The lowest BCUT2D eigenvalue weighted by atomic mass is 9.73. The number of rotatable bonds is 8. The summed E-state index contributed by atoms with van der Waals surface area (Å²) < 4.78 is 29.0. The van der Waals surface area contributed by atoms with Gasteiger partial charge in [0, 0.05) is 43.1 Å². The summed E-state index contributed by atoms with van der Waals surface area (Å²) in [6.07, 6.45) is 3.87. The van der Waals surface area contributed by atoms with E-state index in [1.165, 1.54) is 9.87 Å². The maximum Gasteiger partial charge on any atom is 0.303 e. The molecule has 0 saturated carbocycles. The van der Waals surface area contributed by atoms with Crippen molar-refractivity contribution in [1.29, 1.82) is 0 Å². The van der Waals surface area contributed by atoms with Crippen molar-refractivity contribution in [3.8, 4) is 0 Å². The van der Waals surface area contributed by atoms with Crippen molar-refractivity contribution in [2.45, 2.75) is 38.0 Å². The lowest BCUT2D eigenvalue weighted by molar-refractivity contribution is -0.119. The summed E-state index contributed by atoms with van der Waals surface area (Å²) in [4.78, 5) is 16.4. The van der Waals surface area contributed by atoms with E-state index in [-0.39, 0.29) is 11.8 Å². The normalized spacial score (nSPS) is 16.4. The van der Waals surface area contributed by atoms with E-state index >= 15 is 0 Å². The van der Waals surface area contributed by atoms with Crippen molar-refractivity contribution in [2.75, 3.05) is 25.0 Å². The van der Waals surface area contributed by atoms with E-state index in [9.17, 15) is 13.2 Å². The van der Waals surface area contributed by atoms with Crippen LogP contribution in [0.3, 0.4) is 0 Å². The molecule has 33 heavy (non-hydrogen) atoms. The lowest BCUT2D eigenvalue weighted by Gasteiger charge is -2.42. The maximum atomic E-state index is 12.7. The van der Waals surface area contributed by atoms with Crippen molar-refractivity contribution in [3.05, 3.63) is 72.4 Å². The first-order chi connectivity index (χ1) is 15.9. The van der Waals surface area contributed by atoms with E-state index < -0.39 is 16.1 Å². The number of nitrogens with one attached hydrogen (secondary N) is 2. The van der Waals surface area contributed by atoms with Gasteiger partial charge < -0.3 is 5.32 Å². The third-order valence-electron chi connectivity index (χ3n) is 6.39. The van der Waals surface area contributed by atoms with Gasteiger partial charge >= 0.3 is 10.2 Å². The zero-order chi connectivity index (χ0) is 23.3. The van der Waals surface area contributed by atoms with Gasteiger partial charge in [-0.3, -0.25) is 4.79 Å². The van der Waals surface area contributed by atoms with Crippen molar-refractivity contribution in [3.63, 3.8) is 0 Å². The third-order valence-corrected chi connectivity index (χ3v) is 7.92. The number of fused-ring (bicyclic) bond motifs is 1. The number of carbonyl (C=O) groups excluding carboxylic acids is 1. The molecule has 0 unspecified atom stereocenters. The Morgan fingerprint density at radius 3 is 2.45 bits per heavy atom. The highest BCUT2D eigenvalue weighted by molar-refractivity contribution is 7.87. The molecular formula is C25H30N4O3S. The largest absolute Gasteiger partial charge is 0.369 e. The second-order valence-corrected chi connectivity index (χ2v) is 10.2. The Kier molecular flexibility index (Phi) is 6.95. The summed E-state index contributed by atoms with van der Waals surface area (Å²) in [5.41, 5.74) is 0.920. The van der Waals surface area contributed by atoms with Crippen LogP contribution in [0.25, 0.3) is 10.8 Å². The monoisotopic (exact) mass is 466 g/mol. The number of amides is 1. The molecule has 1 saturated heterocycles. The number of pyridine rings is 1. The van der Waals surface area contributed by atoms with Crippen LogP contribution >= 0.6 is 0 Å². The van der Waals surface area contributed by atoms with Crippen LogP contribution in [0.5, 0.6) is 0 Å². The van der Waals surface area contributed by atoms with Gasteiger partial charge in [-0.05, 0) is 36.3 Å². The molecule has 174 valence electrons. The average Bonchev–Trinajstić information content (AvgIpc) is 2.83. The Bertz CT molecular complexity index is 1200. The minimum atomic E-state index is -3.83. The van der Waals surface area contributed by atoms with Gasteiger partial charge in [-0.15, -0.1) is 0 Å². The van der Waals surface area contributed by atoms with Crippen LogP contribution in [-0.2, 0) is 20.4 Å². The van der Waals surface area contributed by atoms with E-state index in [4.69, 9.17) is 0 Å². The van der Waals surface area contributed by atoms with E-state index in [2.05, 4.69) is 33.2 Å². The van der Waals surface area contributed by atoms with Crippen LogP contribution in [-0.4, -0.2) is 43.2 Å². The SMILES string of the molecule is CCCC(=O)NS(=O)(=O)N1CCC(CNc2nccc3ccccc23)(c2ccccc2)CC1. The van der Waals surface area contributed by atoms with Crippen molar-refractivity contribution < 1.29 is 13.2 Å². The first kappa shape index (κ1) is 23.2. The van der Waals surface area contributed by atoms with Gasteiger partial charge in [0.2, 0.25) is 5.91 Å². The second kappa shape index (κ2) is 9.89. The minimum absolute atomic E-state index is 0.197. The van der Waals surface area contributed by atoms with Gasteiger partial charge in [-0.1, -0.05) is 61.5 Å². The Labute approximate surface area is 195 Å². The molecule has 1 aromatic heterocycles. The van der Waals surface area contributed by atoms with Crippen molar-refractivity contribution >= 4 is 32.7 Å². The summed E-state index contributed by atoms with van der Waals surface area (Å²) in [6.45, 7) is 3.16. The van der Waals surface area contributed by atoms with E-state index in [1.807, 2.05) is 49.4 Å². The second-order valence-electron chi connectivity index (χ2n) is 8.56.